The first-order valence-corrected chi connectivity index (χ1v) is 14.2. The molecule has 3 aromatic carbocycles. The van der Waals surface area contributed by atoms with Gasteiger partial charge < -0.3 is 14.9 Å². The van der Waals surface area contributed by atoms with Gasteiger partial charge in [-0.2, -0.15) is 0 Å². The molecule has 214 valence electrons. The average Bonchev–Trinajstić information content (AvgIpc) is 2.96. The number of piperazine rings is 1. The maximum absolute atomic E-state index is 13.2. The summed E-state index contributed by atoms with van der Waals surface area (Å²) in [7, 11) is 0. The van der Waals surface area contributed by atoms with Gasteiger partial charge in [0.15, 0.2) is 0 Å². The van der Waals surface area contributed by atoms with Gasteiger partial charge in [0, 0.05) is 50.3 Å². The lowest BCUT2D eigenvalue weighted by Gasteiger charge is -2.40. The summed E-state index contributed by atoms with van der Waals surface area (Å²) in [5.74, 6) is 0.120. The molecule has 1 aromatic heterocycles. The minimum absolute atomic E-state index is 0.182. The zero-order valence-electron chi connectivity index (χ0n) is 24.2. The van der Waals surface area contributed by atoms with Crippen molar-refractivity contribution in [3.63, 3.8) is 0 Å². The van der Waals surface area contributed by atoms with E-state index >= 15 is 0 Å². The lowest BCUT2D eigenvalue weighted by molar-refractivity contribution is -0.131. The average molecular weight is 555 g/mol. The van der Waals surface area contributed by atoms with Crippen molar-refractivity contribution in [2.75, 3.05) is 24.5 Å². The van der Waals surface area contributed by atoms with Gasteiger partial charge in [-0.15, -0.1) is 0 Å². The van der Waals surface area contributed by atoms with E-state index in [4.69, 9.17) is 9.97 Å². The fourth-order valence-electron chi connectivity index (χ4n) is 5.09. The molecule has 5 rings (SSSR count). The number of rotatable bonds is 7. The first-order valence-electron chi connectivity index (χ1n) is 14.2. The predicted molar refractivity (Wildman–Crippen MR) is 164 cm³/mol. The third-order valence-electron chi connectivity index (χ3n) is 7.32. The fourth-order valence-corrected chi connectivity index (χ4v) is 5.09. The number of aryl methyl sites for hydroxylation is 2. The van der Waals surface area contributed by atoms with Crippen molar-refractivity contribution >= 4 is 22.6 Å². The minimum Gasteiger partial charge on any atom is -0.513 e. The van der Waals surface area contributed by atoms with Crippen molar-refractivity contribution in [3.8, 4) is 11.3 Å². The quantitative estimate of drug-likeness (QED) is 0.192. The molecule has 1 atom stereocenters. The van der Waals surface area contributed by atoms with Gasteiger partial charge in [-0.1, -0.05) is 36.4 Å². The predicted octanol–water partition coefficient (Wildman–Crippen LogP) is 7.27. The van der Waals surface area contributed by atoms with Gasteiger partial charge in [0.2, 0.25) is 5.91 Å². The number of halogens is 1. The maximum atomic E-state index is 13.2. The first kappa shape index (κ1) is 29.7. The van der Waals surface area contributed by atoms with Gasteiger partial charge in [0.05, 0.1) is 28.2 Å². The van der Waals surface area contributed by atoms with E-state index in [-0.39, 0.29) is 17.5 Å². The summed E-state index contributed by atoms with van der Waals surface area (Å²) in [6.45, 7) is 12.0. The number of aromatic nitrogens is 2. The summed E-state index contributed by atoms with van der Waals surface area (Å²) >= 11 is 0. The van der Waals surface area contributed by atoms with Gasteiger partial charge in [0.25, 0.3) is 0 Å². The molecule has 7 heteroatoms. The van der Waals surface area contributed by atoms with Gasteiger partial charge in [0.1, 0.15) is 5.82 Å². The van der Waals surface area contributed by atoms with E-state index < -0.39 is 0 Å². The lowest BCUT2D eigenvalue weighted by atomic mass is 10.0. The van der Waals surface area contributed by atoms with Crippen LogP contribution in [0.4, 0.5) is 10.1 Å². The molecular formula is C34H39FN4O2. The molecular weight excluding hydrogens is 515 g/mol. The van der Waals surface area contributed by atoms with Crippen molar-refractivity contribution in [3.05, 3.63) is 102 Å². The van der Waals surface area contributed by atoms with Crippen LogP contribution >= 0.6 is 0 Å². The molecule has 1 unspecified atom stereocenters. The molecule has 0 aliphatic carbocycles. The van der Waals surface area contributed by atoms with Crippen LogP contribution in [0.5, 0.6) is 0 Å². The number of allylic oxidation sites excluding steroid dienone is 1. The smallest absolute Gasteiger partial charge is 0.219 e. The molecule has 41 heavy (non-hydrogen) atoms. The van der Waals surface area contributed by atoms with Crippen LogP contribution in [0.25, 0.3) is 22.3 Å². The molecule has 2 heterocycles. The number of aliphatic hydroxyl groups excluding tert-OH is 1. The van der Waals surface area contributed by atoms with Crippen LogP contribution in [0, 0.1) is 12.7 Å². The highest BCUT2D eigenvalue weighted by atomic mass is 19.1. The summed E-state index contributed by atoms with van der Waals surface area (Å²) in [6, 6.07) is 22.9. The molecule has 1 fully saturated rings. The van der Waals surface area contributed by atoms with E-state index in [2.05, 4.69) is 49.6 Å². The van der Waals surface area contributed by atoms with Crippen LogP contribution in [0.2, 0.25) is 0 Å². The van der Waals surface area contributed by atoms with Crippen LogP contribution in [-0.4, -0.2) is 51.6 Å². The molecule has 1 amide bonds. The largest absolute Gasteiger partial charge is 0.513 e. The second kappa shape index (κ2) is 13.9. The maximum Gasteiger partial charge on any atom is 0.219 e. The van der Waals surface area contributed by atoms with E-state index in [0.717, 1.165) is 66.9 Å². The number of amides is 1. The zero-order valence-corrected chi connectivity index (χ0v) is 24.2. The summed E-state index contributed by atoms with van der Waals surface area (Å²) in [5, 5.41) is 9.19. The van der Waals surface area contributed by atoms with Crippen LogP contribution in [0.1, 0.15) is 44.4 Å². The Labute approximate surface area is 242 Å². The highest BCUT2D eigenvalue weighted by molar-refractivity contribution is 5.78. The number of hydrogen-bond donors (Lipinski definition) is 1. The van der Waals surface area contributed by atoms with Gasteiger partial charge in [-0.05, 0) is 81.6 Å². The molecule has 1 N–H and O–H groups in total. The van der Waals surface area contributed by atoms with E-state index in [1.807, 2.05) is 29.2 Å². The van der Waals surface area contributed by atoms with Gasteiger partial charge in [-0.3, -0.25) is 4.79 Å². The highest BCUT2D eigenvalue weighted by Gasteiger charge is 2.25. The Morgan fingerprint density at radius 2 is 1.63 bits per heavy atom. The van der Waals surface area contributed by atoms with E-state index in [0.29, 0.717) is 12.5 Å². The molecule has 0 bridgehead atoms. The number of nitrogens with zero attached hydrogens (tertiary/aromatic N) is 4. The molecule has 1 aliphatic heterocycles. The van der Waals surface area contributed by atoms with E-state index in [1.165, 1.54) is 23.4 Å². The number of benzene rings is 3. The fraction of sp³-hybridized carbons (Fsp3) is 0.324. The molecule has 4 aromatic rings. The molecule has 1 saturated heterocycles. The summed E-state index contributed by atoms with van der Waals surface area (Å²) in [5.41, 5.74) is 6.75. The lowest BCUT2D eigenvalue weighted by Crippen LogP contribution is -2.53. The Balaban J connectivity index is 0.000000201. The zero-order chi connectivity index (χ0) is 29.4. The Bertz CT molecular complexity index is 1470. The van der Waals surface area contributed by atoms with Gasteiger partial charge >= 0.3 is 0 Å². The van der Waals surface area contributed by atoms with E-state index in [9.17, 15) is 14.3 Å². The molecule has 6 nitrogen and oxygen atoms in total. The third-order valence-corrected chi connectivity index (χ3v) is 7.32. The standard InChI is InChI=1S/C20H19FN2O.C14H20N2O/c1-14(24)6-2-3-9-19-20(15-10-12-16(21)13-11-15)23-18-8-5-4-7-17(18)22-19;1-11-4-6-14(7-5-11)15-8-9-16(13(3)17)12(2)10-15/h4-5,7-8,10-13,24H,1-3,6,9H2;4-7,12H,8-10H2,1-3H3. The molecule has 0 spiro atoms. The Morgan fingerprint density at radius 3 is 2.24 bits per heavy atom. The number of para-hydroxylation sites is 2. The summed E-state index contributed by atoms with van der Waals surface area (Å²) in [6.07, 6.45) is 3.05. The molecule has 0 radical (unpaired) electrons. The normalized spacial score (nSPS) is 14.9. The number of aliphatic hydroxyl groups is 1. The third kappa shape index (κ3) is 8.13. The summed E-state index contributed by atoms with van der Waals surface area (Å²) in [4.78, 5) is 25.2. The topological polar surface area (TPSA) is 69.6 Å². The number of anilines is 1. The Morgan fingerprint density at radius 1 is 0.976 bits per heavy atom. The van der Waals surface area contributed by atoms with Crippen LogP contribution < -0.4 is 4.90 Å². The molecule has 1 aliphatic rings. The van der Waals surface area contributed by atoms with Crippen molar-refractivity contribution < 1.29 is 14.3 Å². The van der Waals surface area contributed by atoms with Crippen molar-refractivity contribution in [1.82, 2.24) is 14.9 Å². The van der Waals surface area contributed by atoms with Crippen LogP contribution in [0.15, 0.2) is 85.1 Å². The summed E-state index contributed by atoms with van der Waals surface area (Å²) < 4.78 is 13.2. The number of unbranched alkanes of at least 4 members (excludes halogenated alkanes) is 1. The highest BCUT2D eigenvalue weighted by Crippen LogP contribution is 2.25. The Hall–Kier alpha value is -4.26. The second-order valence-electron chi connectivity index (χ2n) is 10.6. The van der Waals surface area contributed by atoms with Crippen molar-refractivity contribution in [2.45, 2.75) is 52.5 Å². The van der Waals surface area contributed by atoms with E-state index in [1.54, 1.807) is 19.1 Å². The minimum atomic E-state index is -0.268. The number of fused-ring (bicyclic) bond motifs is 1. The Kier molecular flexibility index (Phi) is 10.1. The second-order valence-corrected chi connectivity index (χ2v) is 10.6. The number of hydrogen-bond acceptors (Lipinski definition) is 5. The first-order chi connectivity index (χ1) is 19.7. The van der Waals surface area contributed by atoms with Gasteiger partial charge in [-0.25, -0.2) is 14.4 Å². The van der Waals surface area contributed by atoms with Crippen LogP contribution in [-0.2, 0) is 11.2 Å². The van der Waals surface area contributed by atoms with Crippen molar-refractivity contribution in [2.24, 2.45) is 0 Å². The monoisotopic (exact) mass is 554 g/mol. The number of carbonyl (C=O) groups is 1. The molecule has 0 saturated carbocycles. The van der Waals surface area contributed by atoms with Crippen LogP contribution in [0.3, 0.4) is 0 Å². The number of carbonyl (C=O) groups excluding carboxylic acids is 1. The van der Waals surface area contributed by atoms with Crippen molar-refractivity contribution in [1.29, 1.82) is 0 Å². The SMILES string of the molecule is C=C(O)CCCCc1nc2ccccc2nc1-c1ccc(F)cc1.CC(=O)N1CCN(c2ccc(C)cc2)CC1C.